The van der Waals surface area contributed by atoms with Crippen LogP contribution in [-0.2, 0) is 4.79 Å². The normalized spacial score (nSPS) is 23.7. The average Bonchev–Trinajstić information content (AvgIpc) is 2.16. The van der Waals surface area contributed by atoms with Crippen LogP contribution in [-0.4, -0.2) is 35.1 Å². The number of piperidine rings is 1. The van der Waals surface area contributed by atoms with Gasteiger partial charge in [0.2, 0.25) is 5.91 Å². The maximum atomic E-state index is 11.4. The van der Waals surface area contributed by atoms with Gasteiger partial charge in [-0.1, -0.05) is 13.8 Å². The second-order valence-corrected chi connectivity index (χ2v) is 4.05. The van der Waals surface area contributed by atoms with Crippen LogP contribution < -0.4 is 0 Å². The van der Waals surface area contributed by atoms with Gasteiger partial charge in [-0.2, -0.15) is 0 Å². The Labute approximate surface area is 79.7 Å². The highest BCUT2D eigenvalue weighted by molar-refractivity contribution is 5.77. The maximum absolute atomic E-state index is 11.4. The van der Waals surface area contributed by atoms with Gasteiger partial charge < -0.3 is 10.0 Å². The van der Waals surface area contributed by atoms with E-state index in [0.717, 1.165) is 19.4 Å². The van der Waals surface area contributed by atoms with Gasteiger partial charge in [0.1, 0.15) is 6.61 Å². The number of carbonyl (C=O) groups is 1. The molecule has 0 bridgehead atoms. The summed E-state index contributed by atoms with van der Waals surface area (Å²) < 4.78 is 0. The largest absolute Gasteiger partial charge is 0.387 e. The number of hydrogen-bond acceptors (Lipinski definition) is 2. The van der Waals surface area contributed by atoms with Crippen molar-refractivity contribution in [2.75, 3.05) is 13.2 Å². The molecule has 0 aliphatic carbocycles. The smallest absolute Gasteiger partial charge is 0.248 e. The van der Waals surface area contributed by atoms with Gasteiger partial charge in [-0.3, -0.25) is 4.79 Å². The van der Waals surface area contributed by atoms with Crippen LogP contribution in [0.25, 0.3) is 0 Å². The molecule has 0 saturated carbocycles. The molecule has 3 nitrogen and oxygen atoms in total. The zero-order valence-corrected chi connectivity index (χ0v) is 8.49. The Hall–Kier alpha value is -0.570. The zero-order chi connectivity index (χ0) is 9.84. The lowest BCUT2D eigenvalue weighted by molar-refractivity contribution is -0.139. The molecule has 0 spiro atoms. The van der Waals surface area contributed by atoms with Gasteiger partial charge in [0.15, 0.2) is 0 Å². The highest BCUT2D eigenvalue weighted by Crippen LogP contribution is 2.22. The first-order chi connectivity index (χ1) is 6.16. The minimum Gasteiger partial charge on any atom is -0.387 e. The van der Waals surface area contributed by atoms with Crippen LogP contribution in [0.2, 0.25) is 0 Å². The summed E-state index contributed by atoms with van der Waals surface area (Å²) in [6, 6.07) is 0.341. The van der Waals surface area contributed by atoms with Crippen molar-refractivity contribution in [1.82, 2.24) is 4.90 Å². The lowest BCUT2D eigenvalue weighted by Crippen LogP contribution is -2.47. The molecule has 76 valence electrons. The topological polar surface area (TPSA) is 40.5 Å². The lowest BCUT2D eigenvalue weighted by Gasteiger charge is -2.37. The Bertz CT molecular complexity index is 180. The van der Waals surface area contributed by atoms with Crippen molar-refractivity contribution >= 4 is 5.91 Å². The van der Waals surface area contributed by atoms with Gasteiger partial charge >= 0.3 is 0 Å². The van der Waals surface area contributed by atoms with Gasteiger partial charge in [0.05, 0.1) is 0 Å². The van der Waals surface area contributed by atoms with E-state index >= 15 is 0 Å². The minimum absolute atomic E-state index is 0.113. The molecule has 1 rings (SSSR count). The summed E-state index contributed by atoms with van der Waals surface area (Å²) >= 11 is 0. The molecule has 1 amide bonds. The van der Waals surface area contributed by atoms with E-state index in [1.807, 2.05) is 4.90 Å². The Morgan fingerprint density at radius 1 is 1.54 bits per heavy atom. The van der Waals surface area contributed by atoms with Crippen LogP contribution in [0.4, 0.5) is 0 Å². The molecule has 0 aromatic heterocycles. The van der Waals surface area contributed by atoms with Crippen molar-refractivity contribution in [3.63, 3.8) is 0 Å². The molecule has 1 atom stereocenters. The highest BCUT2D eigenvalue weighted by Gasteiger charge is 2.27. The molecule has 0 radical (unpaired) electrons. The first kappa shape index (κ1) is 10.5. The molecule has 1 unspecified atom stereocenters. The number of aliphatic hydroxyl groups excluding tert-OH is 1. The van der Waals surface area contributed by atoms with Gasteiger partial charge in [0.25, 0.3) is 0 Å². The third kappa shape index (κ3) is 2.44. The summed E-state index contributed by atoms with van der Waals surface area (Å²) in [6.07, 6.45) is 3.37. The number of aliphatic hydroxyl groups is 1. The number of likely N-dealkylation sites (tertiary alicyclic amines) is 1. The second-order valence-electron chi connectivity index (χ2n) is 4.05. The van der Waals surface area contributed by atoms with Crippen molar-refractivity contribution in [2.45, 2.75) is 39.2 Å². The number of hydrogen-bond donors (Lipinski definition) is 1. The highest BCUT2D eigenvalue weighted by atomic mass is 16.3. The molecular formula is C10H19NO2. The summed E-state index contributed by atoms with van der Waals surface area (Å²) in [4.78, 5) is 13.2. The van der Waals surface area contributed by atoms with Crippen LogP contribution in [0.15, 0.2) is 0 Å². The monoisotopic (exact) mass is 185 g/mol. The molecule has 1 saturated heterocycles. The van der Waals surface area contributed by atoms with Crippen LogP contribution in [0, 0.1) is 5.92 Å². The van der Waals surface area contributed by atoms with E-state index in [4.69, 9.17) is 5.11 Å². The minimum atomic E-state index is -0.344. The number of nitrogens with zero attached hydrogens (tertiary/aromatic N) is 1. The van der Waals surface area contributed by atoms with Crippen LogP contribution in [0.5, 0.6) is 0 Å². The van der Waals surface area contributed by atoms with Crippen molar-refractivity contribution in [3.05, 3.63) is 0 Å². The first-order valence-corrected chi connectivity index (χ1v) is 5.07. The third-order valence-electron chi connectivity index (χ3n) is 2.77. The fourth-order valence-electron chi connectivity index (χ4n) is 2.05. The number of rotatable bonds is 2. The number of carbonyl (C=O) groups excluding carboxylic acids is 1. The molecule has 1 heterocycles. The summed E-state index contributed by atoms with van der Waals surface area (Å²) in [5.41, 5.74) is 0. The SMILES string of the molecule is CC(C)C1CCCCN1C(=O)CO. The predicted molar refractivity (Wildman–Crippen MR) is 51.3 cm³/mol. The van der Waals surface area contributed by atoms with Crippen LogP contribution in [0.1, 0.15) is 33.1 Å². The van der Waals surface area contributed by atoms with Crippen LogP contribution >= 0.6 is 0 Å². The van der Waals surface area contributed by atoms with Gasteiger partial charge in [-0.15, -0.1) is 0 Å². The molecule has 1 aliphatic heterocycles. The molecule has 1 aliphatic rings. The van der Waals surface area contributed by atoms with E-state index < -0.39 is 0 Å². The zero-order valence-electron chi connectivity index (χ0n) is 8.49. The molecule has 3 heteroatoms. The van der Waals surface area contributed by atoms with E-state index in [0.29, 0.717) is 12.0 Å². The van der Waals surface area contributed by atoms with Crippen LogP contribution in [0.3, 0.4) is 0 Å². The predicted octanol–water partition coefficient (Wildman–Crippen LogP) is 1.02. The summed E-state index contributed by atoms with van der Waals surface area (Å²) in [7, 11) is 0. The van der Waals surface area contributed by atoms with Gasteiger partial charge in [-0.05, 0) is 25.2 Å². The van der Waals surface area contributed by atoms with E-state index in [1.54, 1.807) is 0 Å². The van der Waals surface area contributed by atoms with Crippen molar-refractivity contribution in [2.24, 2.45) is 5.92 Å². The first-order valence-electron chi connectivity index (χ1n) is 5.07. The molecule has 1 fully saturated rings. The summed E-state index contributed by atoms with van der Waals surface area (Å²) in [5, 5.41) is 8.80. The second kappa shape index (κ2) is 4.61. The van der Waals surface area contributed by atoms with Gasteiger partial charge in [-0.25, -0.2) is 0 Å². The van der Waals surface area contributed by atoms with Gasteiger partial charge in [0, 0.05) is 12.6 Å². The molecular weight excluding hydrogens is 166 g/mol. The third-order valence-corrected chi connectivity index (χ3v) is 2.77. The molecule has 13 heavy (non-hydrogen) atoms. The van der Waals surface area contributed by atoms with E-state index in [9.17, 15) is 4.79 Å². The Kier molecular flexibility index (Phi) is 3.72. The summed E-state index contributed by atoms with van der Waals surface area (Å²) in [6.45, 7) is 4.74. The molecule has 1 N–H and O–H groups in total. The Morgan fingerprint density at radius 3 is 2.77 bits per heavy atom. The molecule has 0 aromatic rings. The van der Waals surface area contributed by atoms with Crippen molar-refractivity contribution < 1.29 is 9.90 Å². The van der Waals surface area contributed by atoms with E-state index in [1.165, 1.54) is 6.42 Å². The quantitative estimate of drug-likeness (QED) is 0.697. The molecule has 0 aromatic carbocycles. The Morgan fingerprint density at radius 2 is 2.23 bits per heavy atom. The maximum Gasteiger partial charge on any atom is 0.248 e. The number of amides is 1. The Balaban J connectivity index is 2.61. The van der Waals surface area contributed by atoms with E-state index in [-0.39, 0.29) is 12.5 Å². The standard InChI is InChI=1S/C10H19NO2/c1-8(2)9-5-3-4-6-11(9)10(13)7-12/h8-9,12H,3-7H2,1-2H3. The summed E-state index contributed by atoms with van der Waals surface area (Å²) in [5.74, 6) is 0.384. The van der Waals surface area contributed by atoms with E-state index in [2.05, 4.69) is 13.8 Å². The lowest BCUT2D eigenvalue weighted by atomic mass is 9.93. The fraction of sp³-hybridized carbons (Fsp3) is 0.900. The fourth-order valence-corrected chi connectivity index (χ4v) is 2.05. The van der Waals surface area contributed by atoms with Crippen molar-refractivity contribution in [3.8, 4) is 0 Å². The average molecular weight is 185 g/mol. The van der Waals surface area contributed by atoms with Crippen molar-refractivity contribution in [1.29, 1.82) is 0 Å².